The minimum absolute atomic E-state index is 0.748. The highest BCUT2D eigenvalue weighted by atomic mass is 15.0. The number of anilines is 1. The van der Waals surface area contributed by atoms with Crippen LogP contribution in [0, 0.1) is 5.41 Å². The van der Waals surface area contributed by atoms with Gasteiger partial charge in [-0.1, -0.05) is 0 Å². The molecule has 3 N–H and O–H groups in total. The van der Waals surface area contributed by atoms with E-state index in [1.807, 2.05) is 7.05 Å². The summed E-state index contributed by atoms with van der Waals surface area (Å²) in [5.74, 6) is 1.62. The molecule has 0 amide bonds. The minimum atomic E-state index is 0.748. The average molecular weight is 150 g/mol. The number of rotatable bonds is 3. The van der Waals surface area contributed by atoms with Crippen LogP contribution in [0.5, 0.6) is 0 Å². The van der Waals surface area contributed by atoms with Crippen LogP contribution in [-0.4, -0.2) is 23.2 Å². The second-order valence-electron chi connectivity index (χ2n) is 1.96. The van der Waals surface area contributed by atoms with Crippen LogP contribution in [0.4, 0.5) is 5.82 Å². The van der Waals surface area contributed by atoms with Gasteiger partial charge >= 0.3 is 0 Å². The van der Waals surface area contributed by atoms with Crippen LogP contribution in [0.3, 0.4) is 0 Å². The summed E-state index contributed by atoms with van der Waals surface area (Å²) >= 11 is 0. The maximum absolute atomic E-state index is 6.73. The fourth-order valence-electron chi connectivity index (χ4n) is 0.688. The van der Waals surface area contributed by atoms with Gasteiger partial charge in [0, 0.05) is 13.3 Å². The van der Waals surface area contributed by atoms with Crippen molar-refractivity contribution < 1.29 is 0 Å². The molecule has 4 heteroatoms. The van der Waals surface area contributed by atoms with Gasteiger partial charge in [-0.2, -0.15) is 0 Å². The van der Waals surface area contributed by atoms with Crippen molar-refractivity contribution in [2.24, 2.45) is 0 Å². The largest absolute Gasteiger partial charge is 0.373 e. The molecule has 0 saturated carbocycles. The Morgan fingerprint density at radius 2 is 2.55 bits per heavy atom. The zero-order valence-electron chi connectivity index (χ0n) is 6.26. The highest BCUT2D eigenvalue weighted by molar-refractivity contribution is 5.74. The molecule has 58 valence electrons. The number of aromatic amines is 1. The van der Waals surface area contributed by atoms with Crippen LogP contribution in [0.2, 0.25) is 0 Å². The third-order valence-electron chi connectivity index (χ3n) is 1.22. The maximum atomic E-state index is 6.73. The molecule has 0 radical (unpaired) electrons. The monoisotopic (exact) mass is 150 g/mol. The Morgan fingerprint density at radius 3 is 3.09 bits per heavy atom. The van der Waals surface area contributed by atoms with Crippen molar-refractivity contribution in [3.63, 3.8) is 0 Å². The molecule has 0 spiro atoms. The van der Waals surface area contributed by atoms with Crippen molar-refractivity contribution in [1.29, 1.82) is 5.41 Å². The van der Waals surface area contributed by atoms with Crippen molar-refractivity contribution in [1.82, 2.24) is 9.97 Å². The quantitative estimate of drug-likeness (QED) is 0.565. The molecule has 1 aromatic heterocycles. The first kappa shape index (κ1) is 7.53. The summed E-state index contributed by atoms with van der Waals surface area (Å²) in [6.45, 7) is 0. The smallest absolute Gasteiger partial charge is 0.131 e. The van der Waals surface area contributed by atoms with Crippen LogP contribution >= 0.6 is 0 Å². The average Bonchev–Trinajstić information content (AvgIpc) is 2.48. The zero-order chi connectivity index (χ0) is 8.10. The summed E-state index contributed by atoms with van der Waals surface area (Å²) < 4.78 is 0. The zero-order valence-corrected chi connectivity index (χ0v) is 6.26. The standard InChI is InChI=1S/C7H10N4/c1-9-7-5-10-6(11-7)3-2-4-8/h2-5,8-9H,1H3,(H,10,11)/b3-2-,8-4?. The highest BCUT2D eigenvalue weighted by Crippen LogP contribution is 2.02. The van der Waals surface area contributed by atoms with E-state index in [2.05, 4.69) is 15.3 Å². The molecule has 11 heavy (non-hydrogen) atoms. The van der Waals surface area contributed by atoms with E-state index in [0.717, 1.165) is 11.6 Å². The van der Waals surface area contributed by atoms with Crippen molar-refractivity contribution in [2.75, 3.05) is 12.4 Å². The molecule has 0 aromatic carbocycles. The Balaban J connectivity index is 2.72. The van der Waals surface area contributed by atoms with E-state index in [4.69, 9.17) is 5.41 Å². The topological polar surface area (TPSA) is 64.6 Å². The van der Waals surface area contributed by atoms with Crippen molar-refractivity contribution in [2.45, 2.75) is 0 Å². The molecule has 1 rings (SSSR count). The molecule has 0 unspecified atom stereocenters. The van der Waals surface area contributed by atoms with Gasteiger partial charge in [0.15, 0.2) is 0 Å². The van der Waals surface area contributed by atoms with Gasteiger partial charge in [-0.05, 0) is 12.2 Å². The predicted octanol–water partition coefficient (Wildman–Crippen LogP) is 1.11. The molecular formula is C7H10N4. The summed E-state index contributed by atoms with van der Waals surface area (Å²) in [7, 11) is 1.82. The number of nitrogens with zero attached hydrogens (tertiary/aromatic N) is 1. The van der Waals surface area contributed by atoms with Crippen molar-refractivity contribution in [3.8, 4) is 0 Å². The van der Waals surface area contributed by atoms with Crippen LogP contribution in [-0.2, 0) is 0 Å². The lowest BCUT2D eigenvalue weighted by atomic mass is 10.5. The Hall–Kier alpha value is -1.58. The second-order valence-corrected chi connectivity index (χ2v) is 1.96. The number of nitrogens with one attached hydrogen (secondary N) is 3. The summed E-state index contributed by atoms with van der Waals surface area (Å²) in [5.41, 5.74) is 0. The Morgan fingerprint density at radius 1 is 1.73 bits per heavy atom. The summed E-state index contributed by atoms with van der Waals surface area (Å²) in [6, 6.07) is 0. The van der Waals surface area contributed by atoms with Gasteiger partial charge in [0.05, 0.1) is 6.20 Å². The Kier molecular flexibility index (Phi) is 2.43. The summed E-state index contributed by atoms with van der Waals surface area (Å²) in [5, 5.41) is 9.65. The first-order chi connectivity index (χ1) is 5.36. The second kappa shape index (κ2) is 3.55. The van der Waals surface area contributed by atoms with Crippen molar-refractivity contribution >= 4 is 18.1 Å². The summed E-state index contributed by atoms with van der Waals surface area (Å²) in [4.78, 5) is 7.00. The van der Waals surface area contributed by atoms with Crippen LogP contribution in [0.25, 0.3) is 6.08 Å². The van der Waals surface area contributed by atoms with Crippen LogP contribution < -0.4 is 5.32 Å². The first-order valence-electron chi connectivity index (χ1n) is 3.26. The van der Waals surface area contributed by atoms with E-state index in [1.54, 1.807) is 18.3 Å². The van der Waals surface area contributed by atoms with Gasteiger partial charge < -0.3 is 15.7 Å². The van der Waals surface area contributed by atoms with E-state index in [-0.39, 0.29) is 0 Å². The molecule has 0 aliphatic rings. The van der Waals surface area contributed by atoms with Crippen LogP contribution in [0.1, 0.15) is 5.82 Å². The van der Waals surface area contributed by atoms with Gasteiger partial charge in [0.1, 0.15) is 11.6 Å². The molecule has 0 bridgehead atoms. The fraction of sp³-hybridized carbons (Fsp3) is 0.143. The van der Waals surface area contributed by atoms with E-state index < -0.39 is 0 Å². The van der Waals surface area contributed by atoms with Gasteiger partial charge in [-0.15, -0.1) is 0 Å². The highest BCUT2D eigenvalue weighted by Gasteiger charge is 1.91. The lowest BCUT2D eigenvalue weighted by Gasteiger charge is -1.88. The van der Waals surface area contributed by atoms with E-state index in [1.165, 1.54) is 6.21 Å². The minimum Gasteiger partial charge on any atom is -0.373 e. The number of imidazole rings is 1. The summed E-state index contributed by atoms with van der Waals surface area (Å²) in [6.07, 6.45) is 6.25. The number of hydrogen-bond donors (Lipinski definition) is 3. The molecule has 0 aliphatic heterocycles. The maximum Gasteiger partial charge on any atom is 0.131 e. The molecule has 4 nitrogen and oxygen atoms in total. The molecule has 0 fully saturated rings. The van der Waals surface area contributed by atoms with Crippen LogP contribution in [0.15, 0.2) is 12.3 Å². The number of allylic oxidation sites excluding steroid dienone is 1. The van der Waals surface area contributed by atoms with E-state index in [0.29, 0.717) is 0 Å². The number of aromatic nitrogens is 2. The molecule has 0 saturated heterocycles. The van der Waals surface area contributed by atoms with Gasteiger partial charge in [0.2, 0.25) is 0 Å². The molecular weight excluding hydrogens is 140 g/mol. The fourth-order valence-corrected chi connectivity index (χ4v) is 0.688. The van der Waals surface area contributed by atoms with Gasteiger partial charge in [-0.25, -0.2) is 4.98 Å². The number of H-pyrrole nitrogens is 1. The third kappa shape index (κ3) is 1.93. The van der Waals surface area contributed by atoms with E-state index >= 15 is 0 Å². The predicted molar refractivity (Wildman–Crippen MR) is 46.0 cm³/mol. The van der Waals surface area contributed by atoms with E-state index in [9.17, 15) is 0 Å². The Labute approximate surface area is 64.9 Å². The molecule has 0 aliphatic carbocycles. The lowest BCUT2D eigenvalue weighted by Crippen LogP contribution is -1.86. The van der Waals surface area contributed by atoms with Crippen molar-refractivity contribution in [3.05, 3.63) is 18.1 Å². The van der Waals surface area contributed by atoms with Gasteiger partial charge in [-0.3, -0.25) is 0 Å². The molecule has 0 atom stereocenters. The normalized spacial score (nSPS) is 10.3. The first-order valence-corrected chi connectivity index (χ1v) is 3.26. The molecule has 1 heterocycles. The lowest BCUT2D eigenvalue weighted by molar-refractivity contribution is 1.26. The number of hydrogen-bond acceptors (Lipinski definition) is 3. The van der Waals surface area contributed by atoms with Gasteiger partial charge in [0.25, 0.3) is 0 Å². The SMILES string of the molecule is CNc1cnc(/C=C\C=N)[nH]1. The Bertz CT molecular complexity index is 261. The molecule has 1 aromatic rings. The third-order valence-corrected chi connectivity index (χ3v) is 1.22.